The highest BCUT2D eigenvalue weighted by Gasteiger charge is 2.53. The van der Waals surface area contributed by atoms with Crippen molar-refractivity contribution in [1.29, 1.82) is 0 Å². The average molecular weight is 262 g/mol. The minimum atomic E-state index is -0.293. The molecule has 4 nitrogen and oxygen atoms in total. The molecule has 1 saturated carbocycles. The standard InChI is InChI=1S/C14H23BN2O2/c1-6-10-9-12(17(16-10)11-7-8-11)15-18-13(2,3)14(4,5)19-15/h9,11H,6-8H2,1-5H3. The van der Waals surface area contributed by atoms with Crippen LogP contribution in [0.2, 0.25) is 0 Å². The van der Waals surface area contributed by atoms with Crippen LogP contribution in [0.15, 0.2) is 6.07 Å². The maximum Gasteiger partial charge on any atom is 0.514 e. The summed E-state index contributed by atoms with van der Waals surface area (Å²) >= 11 is 0. The van der Waals surface area contributed by atoms with Gasteiger partial charge >= 0.3 is 7.12 Å². The van der Waals surface area contributed by atoms with E-state index in [1.807, 2.05) is 0 Å². The van der Waals surface area contributed by atoms with Crippen molar-refractivity contribution in [2.45, 2.75) is 71.1 Å². The van der Waals surface area contributed by atoms with Crippen LogP contribution in [-0.2, 0) is 15.7 Å². The van der Waals surface area contributed by atoms with Crippen molar-refractivity contribution in [2.75, 3.05) is 0 Å². The fourth-order valence-electron chi connectivity index (χ4n) is 2.39. The molecule has 0 atom stereocenters. The first-order chi connectivity index (χ1) is 8.84. The van der Waals surface area contributed by atoms with Crippen molar-refractivity contribution in [3.8, 4) is 0 Å². The Hall–Kier alpha value is -0.805. The number of hydrogen-bond acceptors (Lipinski definition) is 3. The largest absolute Gasteiger partial charge is 0.514 e. The molecule has 2 heterocycles. The summed E-state index contributed by atoms with van der Waals surface area (Å²) in [7, 11) is -0.293. The molecule has 0 aromatic carbocycles. The molecule has 0 radical (unpaired) electrons. The van der Waals surface area contributed by atoms with Gasteiger partial charge in [0.15, 0.2) is 0 Å². The van der Waals surface area contributed by atoms with E-state index in [9.17, 15) is 0 Å². The van der Waals surface area contributed by atoms with E-state index < -0.39 is 0 Å². The van der Waals surface area contributed by atoms with Gasteiger partial charge in [-0.2, -0.15) is 5.10 Å². The Labute approximate surface area is 115 Å². The van der Waals surface area contributed by atoms with Crippen molar-refractivity contribution in [1.82, 2.24) is 9.78 Å². The Balaban J connectivity index is 1.93. The lowest BCUT2D eigenvalue weighted by Gasteiger charge is -2.32. The third kappa shape index (κ3) is 2.13. The van der Waals surface area contributed by atoms with Crippen LogP contribution in [0, 0.1) is 0 Å². The molecule has 1 aliphatic carbocycles. The normalized spacial score (nSPS) is 25.0. The zero-order valence-electron chi connectivity index (χ0n) is 12.6. The molecule has 1 aromatic rings. The Kier molecular flexibility index (Phi) is 2.84. The van der Waals surface area contributed by atoms with Gasteiger partial charge in [-0.3, -0.25) is 4.68 Å². The van der Waals surface area contributed by atoms with Crippen LogP contribution in [0.1, 0.15) is 59.2 Å². The molecule has 1 aliphatic heterocycles. The molecule has 1 saturated heterocycles. The smallest absolute Gasteiger partial charge is 0.398 e. The van der Waals surface area contributed by atoms with Crippen molar-refractivity contribution >= 4 is 12.7 Å². The van der Waals surface area contributed by atoms with Gasteiger partial charge in [0, 0.05) is 0 Å². The van der Waals surface area contributed by atoms with Crippen molar-refractivity contribution in [3.05, 3.63) is 11.8 Å². The van der Waals surface area contributed by atoms with E-state index >= 15 is 0 Å². The molecular formula is C14H23BN2O2. The van der Waals surface area contributed by atoms with E-state index in [2.05, 4.69) is 50.5 Å². The van der Waals surface area contributed by atoms with E-state index in [1.54, 1.807) is 0 Å². The first kappa shape index (κ1) is 13.2. The molecule has 104 valence electrons. The molecule has 0 bridgehead atoms. The fraction of sp³-hybridized carbons (Fsp3) is 0.786. The molecule has 0 unspecified atom stereocenters. The van der Waals surface area contributed by atoms with Gasteiger partial charge in [0.1, 0.15) is 0 Å². The quantitative estimate of drug-likeness (QED) is 0.782. The first-order valence-corrected chi connectivity index (χ1v) is 7.28. The number of aryl methyl sites for hydroxylation is 1. The summed E-state index contributed by atoms with van der Waals surface area (Å²) in [6.07, 6.45) is 3.39. The van der Waals surface area contributed by atoms with E-state index in [4.69, 9.17) is 9.31 Å². The third-order valence-electron chi connectivity index (χ3n) is 4.56. The summed E-state index contributed by atoms with van der Waals surface area (Å²) in [6.45, 7) is 10.5. The van der Waals surface area contributed by atoms with Crippen LogP contribution in [0.4, 0.5) is 0 Å². The number of rotatable bonds is 3. The minimum Gasteiger partial charge on any atom is -0.398 e. The summed E-state index contributed by atoms with van der Waals surface area (Å²) in [5.41, 5.74) is 1.63. The van der Waals surface area contributed by atoms with E-state index in [0.717, 1.165) is 17.7 Å². The Bertz CT molecular complexity index is 476. The summed E-state index contributed by atoms with van der Waals surface area (Å²) in [6, 6.07) is 2.69. The zero-order chi connectivity index (χ0) is 13.8. The van der Waals surface area contributed by atoms with Gasteiger partial charge < -0.3 is 9.31 Å². The van der Waals surface area contributed by atoms with E-state index in [-0.39, 0.29) is 18.3 Å². The fourth-order valence-corrected chi connectivity index (χ4v) is 2.39. The van der Waals surface area contributed by atoms with Gasteiger partial charge in [-0.1, -0.05) is 6.92 Å². The molecule has 0 spiro atoms. The molecule has 2 aliphatic rings. The van der Waals surface area contributed by atoms with Crippen molar-refractivity contribution in [2.24, 2.45) is 0 Å². The zero-order valence-corrected chi connectivity index (χ0v) is 12.6. The van der Waals surface area contributed by atoms with Crippen LogP contribution in [-0.4, -0.2) is 28.1 Å². The Morgan fingerprint density at radius 1 is 1.26 bits per heavy atom. The Morgan fingerprint density at radius 3 is 2.32 bits per heavy atom. The molecular weight excluding hydrogens is 239 g/mol. The minimum absolute atomic E-state index is 0.289. The molecule has 1 aromatic heterocycles. The second kappa shape index (κ2) is 4.09. The summed E-state index contributed by atoms with van der Waals surface area (Å²) < 4.78 is 14.4. The lowest BCUT2D eigenvalue weighted by atomic mass is 9.84. The first-order valence-electron chi connectivity index (χ1n) is 7.28. The van der Waals surface area contributed by atoms with Gasteiger partial charge in [0.05, 0.1) is 28.5 Å². The summed E-state index contributed by atoms with van der Waals surface area (Å²) in [4.78, 5) is 0. The highest BCUT2D eigenvalue weighted by Crippen LogP contribution is 2.38. The molecule has 0 N–H and O–H groups in total. The van der Waals surface area contributed by atoms with E-state index in [0.29, 0.717) is 6.04 Å². The topological polar surface area (TPSA) is 36.3 Å². The number of hydrogen-bond donors (Lipinski definition) is 0. The van der Waals surface area contributed by atoms with Gasteiger partial charge in [-0.25, -0.2) is 0 Å². The summed E-state index contributed by atoms with van der Waals surface area (Å²) in [5, 5.41) is 4.69. The molecule has 0 amide bonds. The Morgan fingerprint density at radius 2 is 1.84 bits per heavy atom. The van der Waals surface area contributed by atoms with Crippen LogP contribution in [0.5, 0.6) is 0 Å². The van der Waals surface area contributed by atoms with Gasteiger partial charge in [-0.05, 0) is 53.0 Å². The molecule has 3 rings (SSSR count). The number of aromatic nitrogens is 2. The van der Waals surface area contributed by atoms with Gasteiger partial charge in [0.25, 0.3) is 0 Å². The lowest BCUT2D eigenvalue weighted by Crippen LogP contribution is -2.41. The highest BCUT2D eigenvalue weighted by molar-refractivity contribution is 6.61. The predicted octanol–water partition coefficient (Wildman–Crippen LogP) is 2.08. The second-order valence-corrected chi connectivity index (χ2v) is 6.68. The third-order valence-corrected chi connectivity index (χ3v) is 4.56. The van der Waals surface area contributed by atoms with Crippen molar-refractivity contribution < 1.29 is 9.31 Å². The molecule has 5 heteroatoms. The average Bonchev–Trinajstić information content (AvgIpc) is 3.01. The molecule has 19 heavy (non-hydrogen) atoms. The summed E-state index contributed by atoms with van der Waals surface area (Å²) in [5.74, 6) is 0. The van der Waals surface area contributed by atoms with E-state index in [1.165, 1.54) is 12.8 Å². The maximum absolute atomic E-state index is 6.14. The second-order valence-electron chi connectivity index (χ2n) is 6.68. The SMILES string of the molecule is CCc1cc(B2OC(C)(C)C(C)(C)O2)n(C2CC2)n1. The monoisotopic (exact) mass is 262 g/mol. The van der Waals surface area contributed by atoms with Crippen LogP contribution < -0.4 is 5.59 Å². The highest BCUT2D eigenvalue weighted by atomic mass is 16.7. The predicted molar refractivity (Wildman–Crippen MR) is 75.6 cm³/mol. The van der Waals surface area contributed by atoms with Gasteiger partial charge in [0.2, 0.25) is 0 Å². The van der Waals surface area contributed by atoms with Crippen LogP contribution >= 0.6 is 0 Å². The van der Waals surface area contributed by atoms with Crippen LogP contribution in [0.3, 0.4) is 0 Å². The number of nitrogens with zero attached hydrogens (tertiary/aromatic N) is 2. The molecule has 2 fully saturated rings. The van der Waals surface area contributed by atoms with Gasteiger partial charge in [-0.15, -0.1) is 0 Å². The lowest BCUT2D eigenvalue weighted by molar-refractivity contribution is 0.00578. The maximum atomic E-state index is 6.14. The van der Waals surface area contributed by atoms with Crippen molar-refractivity contribution in [3.63, 3.8) is 0 Å². The van der Waals surface area contributed by atoms with Crippen LogP contribution in [0.25, 0.3) is 0 Å².